The van der Waals surface area contributed by atoms with Crippen LogP contribution in [0.2, 0.25) is 0 Å². The van der Waals surface area contributed by atoms with Crippen LogP contribution in [0.15, 0.2) is 162 Å². The van der Waals surface area contributed by atoms with Crippen molar-refractivity contribution in [2.75, 3.05) is 14.7 Å². The molecule has 5 aliphatic rings. The van der Waals surface area contributed by atoms with E-state index in [-0.39, 0.29) is 33.9 Å². The Hall–Kier alpha value is -6.98. The van der Waals surface area contributed by atoms with E-state index in [1.165, 1.54) is 109 Å². The first kappa shape index (κ1) is 45.6. The third kappa shape index (κ3) is 6.28. The molecule has 2 atom stereocenters. The summed E-state index contributed by atoms with van der Waals surface area (Å²) in [6.45, 7) is 24.4. The Labute approximate surface area is 439 Å². The third-order valence-electron chi connectivity index (χ3n) is 19.3. The molecule has 4 nitrogen and oxygen atoms in total. The second-order valence-electron chi connectivity index (χ2n) is 25.5. The van der Waals surface area contributed by atoms with Gasteiger partial charge < -0.3 is 19.1 Å². The highest BCUT2D eigenvalue weighted by atomic mass is 16.3. The van der Waals surface area contributed by atoms with E-state index in [1.807, 2.05) is 0 Å². The van der Waals surface area contributed by atoms with Crippen molar-refractivity contribution in [1.29, 1.82) is 0 Å². The van der Waals surface area contributed by atoms with E-state index in [9.17, 15) is 0 Å². The van der Waals surface area contributed by atoms with Crippen LogP contribution in [-0.4, -0.2) is 12.3 Å². The Kier molecular flexibility index (Phi) is 9.58. The number of anilines is 8. The molecule has 1 fully saturated rings. The van der Waals surface area contributed by atoms with Gasteiger partial charge >= 0.3 is 0 Å². The number of nitrogens with zero attached hydrogens (tertiary/aromatic N) is 3. The van der Waals surface area contributed by atoms with Crippen molar-refractivity contribution in [3.8, 4) is 11.1 Å². The van der Waals surface area contributed by atoms with Crippen LogP contribution in [0.25, 0.3) is 33.1 Å². The highest BCUT2D eigenvalue weighted by molar-refractivity contribution is 7.00. The lowest BCUT2D eigenvalue weighted by Gasteiger charge is -2.53. The highest BCUT2D eigenvalue weighted by Crippen LogP contribution is 2.62. The number of hydrogen-bond acceptors (Lipinski definition) is 4. The maximum atomic E-state index is 6.64. The summed E-state index contributed by atoms with van der Waals surface area (Å²) in [6, 6.07) is 60.8. The fourth-order valence-corrected chi connectivity index (χ4v) is 14.9. The lowest BCUT2D eigenvalue weighted by atomic mass is 9.33. The van der Waals surface area contributed by atoms with Crippen molar-refractivity contribution in [3.63, 3.8) is 0 Å². The molecule has 2 aliphatic carbocycles. The van der Waals surface area contributed by atoms with Gasteiger partial charge in [-0.2, -0.15) is 0 Å². The lowest BCUT2D eigenvalue weighted by Crippen LogP contribution is -2.64. The Morgan fingerprint density at radius 3 is 2.00 bits per heavy atom. The minimum atomic E-state index is -0.0525. The van der Waals surface area contributed by atoms with E-state index in [2.05, 4.69) is 242 Å². The average molecular weight is 966 g/mol. The van der Waals surface area contributed by atoms with Crippen LogP contribution in [0.1, 0.15) is 129 Å². The molecule has 2 unspecified atom stereocenters. The SMILES string of the molecule is Cc1cc2c3c(c1)N1c4c(cccc4C4(C)CCCCC14C)B3c1ccc(N(c3ccc(C(C)(C)C)cc3)c3cccc4oc5ccccc5c34)cc1N2c1cc2c(cc1-c1ccccc1)C(C)(C)CCC2(C)C. The normalized spacial score (nSPS) is 20.8. The second kappa shape index (κ2) is 15.5. The van der Waals surface area contributed by atoms with E-state index < -0.39 is 0 Å². The number of benzene rings is 8. The van der Waals surface area contributed by atoms with Gasteiger partial charge in [0.25, 0.3) is 6.71 Å². The number of aryl methyl sites for hydroxylation is 1. The smallest absolute Gasteiger partial charge is 0.252 e. The molecule has 0 N–H and O–H groups in total. The molecular weight excluding hydrogens is 898 g/mol. The van der Waals surface area contributed by atoms with Gasteiger partial charge in [-0.05, 0) is 172 Å². The van der Waals surface area contributed by atoms with Crippen LogP contribution >= 0.6 is 0 Å². The molecule has 8 aromatic carbocycles. The number of fused-ring (bicyclic) bond motifs is 11. The van der Waals surface area contributed by atoms with Crippen LogP contribution in [-0.2, 0) is 21.7 Å². The molecule has 1 saturated carbocycles. The number of furan rings is 1. The molecule has 0 saturated heterocycles. The Balaban J connectivity index is 1.10. The van der Waals surface area contributed by atoms with Crippen LogP contribution in [0, 0.1) is 6.92 Å². The Bertz CT molecular complexity index is 3800. The average Bonchev–Trinajstić information content (AvgIpc) is 3.89. The molecule has 0 bridgehead atoms. The number of hydrogen-bond donors (Lipinski definition) is 0. The van der Waals surface area contributed by atoms with E-state index in [0.717, 1.165) is 51.8 Å². The highest BCUT2D eigenvalue weighted by Gasteiger charge is 2.61. The molecule has 3 aliphatic heterocycles. The van der Waals surface area contributed by atoms with Gasteiger partial charge in [-0.25, -0.2) is 0 Å². The zero-order valence-electron chi connectivity index (χ0n) is 45.1. The van der Waals surface area contributed by atoms with Crippen molar-refractivity contribution < 1.29 is 4.42 Å². The minimum Gasteiger partial charge on any atom is -0.456 e. The van der Waals surface area contributed by atoms with Gasteiger partial charge in [-0.3, -0.25) is 0 Å². The lowest BCUT2D eigenvalue weighted by molar-refractivity contribution is 0.195. The standard InChI is InChI=1S/C69H68BN3O/c1-43-38-58-63-59(39-43)73-64-50(68(9)34-16-17-35-69(68,73)10)23-18-24-54(64)70(63)53-33-32-47(40-57(53)72(58)56-42-52-51(66(5,6)36-37-67(52,7)8)41-49(56)44-20-12-11-13-21-44)71(46-30-28-45(29-31-46)65(2,3)4)55-25-19-27-61-62(55)48-22-14-15-26-60(48)74-61/h11-15,18-33,38-42H,16-17,34-37H2,1-10H3. The van der Waals surface area contributed by atoms with E-state index in [4.69, 9.17) is 4.42 Å². The Morgan fingerprint density at radius 1 is 0.554 bits per heavy atom. The molecule has 368 valence electrons. The first-order chi connectivity index (χ1) is 35.5. The molecule has 0 radical (unpaired) electrons. The monoisotopic (exact) mass is 966 g/mol. The van der Waals surface area contributed by atoms with Gasteiger partial charge in [0.1, 0.15) is 11.2 Å². The third-order valence-corrected chi connectivity index (χ3v) is 19.3. The molecule has 4 heterocycles. The summed E-state index contributed by atoms with van der Waals surface area (Å²) in [5.74, 6) is 0. The second-order valence-corrected chi connectivity index (χ2v) is 25.5. The zero-order chi connectivity index (χ0) is 50.8. The van der Waals surface area contributed by atoms with Crippen molar-refractivity contribution >= 4 is 90.5 Å². The van der Waals surface area contributed by atoms with E-state index in [0.29, 0.717) is 0 Å². The maximum absolute atomic E-state index is 6.64. The van der Waals surface area contributed by atoms with Gasteiger partial charge in [0.05, 0.1) is 22.3 Å². The van der Waals surface area contributed by atoms with Gasteiger partial charge in [0.2, 0.25) is 0 Å². The molecule has 0 spiro atoms. The zero-order valence-corrected chi connectivity index (χ0v) is 45.1. The van der Waals surface area contributed by atoms with Gasteiger partial charge in [-0.15, -0.1) is 0 Å². The molecule has 74 heavy (non-hydrogen) atoms. The van der Waals surface area contributed by atoms with Crippen LogP contribution < -0.4 is 31.1 Å². The fraction of sp³-hybridized carbons (Fsp3) is 0.304. The fourth-order valence-electron chi connectivity index (χ4n) is 14.9. The number of para-hydroxylation sites is 2. The first-order valence-corrected chi connectivity index (χ1v) is 27.5. The van der Waals surface area contributed by atoms with Crippen LogP contribution in [0.3, 0.4) is 0 Å². The topological polar surface area (TPSA) is 22.9 Å². The van der Waals surface area contributed by atoms with Crippen molar-refractivity contribution in [3.05, 3.63) is 186 Å². The summed E-state index contributed by atoms with van der Waals surface area (Å²) in [6.07, 6.45) is 7.19. The summed E-state index contributed by atoms with van der Waals surface area (Å²) < 4.78 is 6.64. The largest absolute Gasteiger partial charge is 0.456 e. The van der Waals surface area contributed by atoms with Crippen LogP contribution in [0.5, 0.6) is 0 Å². The predicted octanol–water partition coefficient (Wildman–Crippen LogP) is 17.0. The van der Waals surface area contributed by atoms with Crippen LogP contribution in [0.4, 0.5) is 45.5 Å². The summed E-state index contributed by atoms with van der Waals surface area (Å²) in [7, 11) is 0. The van der Waals surface area contributed by atoms with E-state index in [1.54, 1.807) is 0 Å². The summed E-state index contributed by atoms with van der Waals surface area (Å²) in [5, 5.41) is 2.23. The van der Waals surface area contributed by atoms with Gasteiger partial charge in [0.15, 0.2) is 0 Å². The summed E-state index contributed by atoms with van der Waals surface area (Å²) in [5.41, 5.74) is 25.5. The first-order valence-electron chi connectivity index (χ1n) is 27.5. The predicted molar refractivity (Wildman–Crippen MR) is 315 cm³/mol. The van der Waals surface area contributed by atoms with Crippen molar-refractivity contribution in [1.82, 2.24) is 0 Å². The molecule has 9 aromatic rings. The van der Waals surface area contributed by atoms with Crippen molar-refractivity contribution in [2.45, 2.75) is 135 Å². The van der Waals surface area contributed by atoms with Gasteiger partial charge in [-0.1, -0.05) is 159 Å². The minimum absolute atomic E-state index is 0.00313. The summed E-state index contributed by atoms with van der Waals surface area (Å²) >= 11 is 0. The molecular formula is C69H68BN3O. The molecule has 1 aromatic heterocycles. The molecule has 0 amide bonds. The van der Waals surface area contributed by atoms with Gasteiger partial charge in [0, 0.05) is 50.5 Å². The summed E-state index contributed by atoms with van der Waals surface area (Å²) in [4.78, 5) is 8.09. The molecule has 14 rings (SSSR count). The van der Waals surface area contributed by atoms with E-state index >= 15 is 0 Å². The quantitative estimate of drug-likeness (QED) is 0.160. The molecule has 5 heteroatoms. The Morgan fingerprint density at radius 2 is 1.23 bits per heavy atom. The maximum Gasteiger partial charge on any atom is 0.252 e. The van der Waals surface area contributed by atoms with Crippen molar-refractivity contribution in [2.24, 2.45) is 0 Å². The number of rotatable bonds is 5.